The lowest BCUT2D eigenvalue weighted by atomic mass is 10.3. The van der Waals surface area contributed by atoms with Crippen LogP contribution in [0.2, 0.25) is 0 Å². The van der Waals surface area contributed by atoms with E-state index in [1.165, 1.54) is 11.8 Å². The number of aromatic nitrogens is 5. The minimum absolute atomic E-state index is 0.139. The molecule has 1 N–H and O–H groups in total. The number of nitrogens with one attached hydrogen (secondary N) is 1. The number of thiophene rings is 1. The van der Waals surface area contributed by atoms with Gasteiger partial charge in [-0.1, -0.05) is 30.0 Å². The maximum absolute atomic E-state index is 12.6. The summed E-state index contributed by atoms with van der Waals surface area (Å²) in [6.07, 6.45) is 1.67. The Morgan fingerprint density at radius 2 is 2.03 bits per heavy atom. The highest BCUT2D eigenvalue weighted by Crippen LogP contribution is 2.34. The normalized spacial score (nSPS) is 11.1. The Balaban J connectivity index is 1.60. The third-order valence-electron chi connectivity index (χ3n) is 4.46. The molecule has 0 unspecified atom stereocenters. The van der Waals surface area contributed by atoms with Crippen LogP contribution in [-0.4, -0.2) is 43.3 Å². The molecule has 10 heteroatoms. The number of para-hydroxylation sites is 2. The molecular weight excluding hydrogens is 432 g/mol. The zero-order valence-electron chi connectivity index (χ0n) is 17.3. The van der Waals surface area contributed by atoms with Crippen LogP contribution < -0.4 is 10.1 Å². The molecule has 0 saturated carbocycles. The second kappa shape index (κ2) is 9.36. The highest BCUT2D eigenvalue weighted by Gasteiger charge is 2.20. The quantitative estimate of drug-likeness (QED) is 0.394. The Labute approximate surface area is 188 Å². The number of thioether (sulfide) groups is 1. The summed E-state index contributed by atoms with van der Waals surface area (Å²) in [6.45, 7) is 4.03. The molecule has 0 aliphatic rings. The predicted molar refractivity (Wildman–Crippen MR) is 123 cm³/mol. The lowest BCUT2D eigenvalue weighted by molar-refractivity contribution is -0.113. The molecule has 4 aromatic rings. The van der Waals surface area contributed by atoms with E-state index >= 15 is 0 Å². The number of benzene rings is 1. The fourth-order valence-electron chi connectivity index (χ4n) is 3.09. The summed E-state index contributed by atoms with van der Waals surface area (Å²) in [6, 6.07) is 13.6. The van der Waals surface area contributed by atoms with E-state index in [2.05, 4.69) is 20.6 Å². The van der Waals surface area contributed by atoms with Gasteiger partial charge in [-0.2, -0.15) is 5.10 Å². The van der Waals surface area contributed by atoms with Crippen LogP contribution >= 0.6 is 23.1 Å². The number of nitrogens with zero attached hydrogens (tertiary/aromatic N) is 5. The molecule has 0 spiro atoms. The van der Waals surface area contributed by atoms with Crippen molar-refractivity contribution in [3.63, 3.8) is 0 Å². The van der Waals surface area contributed by atoms with Gasteiger partial charge in [0.15, 0.2) is 11.0 Å². The van der Waals surface area contributed by atoms with Gasteiger partial charge < -0.3 is 10.1 Å². The summed E-state index contributed by atoms with van der Waals surface area (Å²) >= 11 is 2.90. The predicted octanol–water partition coefficient (Wildman–Crippen LogP) is 4.51. The summed E-state index contributed by atoms with van der Waals surface area (Å²) in [4.78, 5) is 13.6. The van der Waals surface area contributed by atoms with Crippen LogP contribution in [0.15, 0.2) is 59.2 Å². The lowest BCUT2D eigenvalue weighted by Gasteiger charge is -2.14. The van der Waals surface area contributed by atoms with E-state index in [4.69, 9.17) is 4.74 Å². The Bertz CT molecular complexity index is 1170. The fraction of sp³-hybridized carbons (Fsp3) is 0.238. The smallest absolute Gasteiger partial charge is 0.235 e. The topological polar surface area (TPSA) is 86.9 Å². The summed E-state index contributed by atoms with van der Waals surface area (Å²) in [7, 11) is 1.63. The first-order chi connectivity index (χ1) is 15.1. The Kier molecular flexibility index (Phi) is 6.38. The highest BCUT2D eigenvalue weighted by atomic mass is 32.2. The van der Waals surface area contributed by atoms with Gasteiger partial charge in [0, 0.05) is 12.1 Å². The third-order valence-corrected chi connectivity index (χ3v) is 6.26. The van der Waals surface area contributed by atoms with Gasteiger partial charge in [-0.15, -0.1) is 21.5 Å². The molecule has 3 heterocycles. The number of ether oxygens (including phenoxy) is 1. The van der Waals surface area contributed by atoms with E-state index in [0.29, 0.717) is 22.5 Å². The Hall–Kier alpha value is -3.11. The number of anilines is 1. The van der Waals surface area contributed by atoms with E-state index < -0.39 is 0 Å². The van der Waals surface area contributed by atoms with Gasteiger partial charge >= 0.3 is 0 Å². The number of rotatable bonds is 8. The molecule has 0 atom stereocenters. The van der Waals surface area contributed by atoms with Gasteiger partial charge in [0.25, 0.3) is 0 Å². The van der Waals surface area contributed by atoms with Crippen LogP contribution in [0.3, 0.4) is 0 Å². The monoisotopic (exact) mass is 454 g/mol. The summed E-state index contributed by atoms with van der Waals surface area (Å²) in [5.41, 5.74) is 0.819. The zero-order valence-corrected chi connectivity index (χ0v) is 19.0. The van der Waals surface area contributed by atoms with Crippen molar-refractivity contribution in [2.45, 2.75) is 25.0 Å². The maximum Gasteiger partial charge on any atom is 0.235 e. The molecule has 0 aliphatic carbocycles. The molecule has 31 heavy (non-hydrogen) atoms. The molecule has 160 valence electrons. The number of methoxy groups -OCH3 is 1. The van der Waals surface area contributed by atoms with E-state index in [-0.39, 0.29) is 17.7 Å². The van der Waals surface area contributed by atoms with Crippen LogP contribution in [0, 0.1) is 0 Å². The molecule has 4 rings (SSSR count). The molecular formula is C21H22N6O2S2. The molecule has 0 saturated heterocycles. The van der Waals surface area contributed by atoms with Gasteiger partial charge in [0.1, 0.15) is 11.6 Å². The van der Waals surface area contributed by atoms with Crippen molar-refractivity contribution in [2.24, 2.45) is 0 Å². The van der Waals surface area contributed by atoms with Crippen molar-refractivity contribution >= 4 is 34.8 Å². The molecule has 0 bridgehead atoms. The fourth-order valence-corrected chi connectivity index (χ4v) is 4.54. The van der Waals surface area contributed by atoms with Crippen LogP contribution in [-0.2, 0) is 4.79 Å². The Morgan fingerprint density at radius 3 is 2.77 bits per heavy atom. The van der Waals surface area contributed by atoms with Crippen molar-refractivity contribution in [3.8, 4) is 22.1 Å². The van der Waals surface area contributed by atoms with Crippen LogP contribution in [0.4, 0.5) is 5.82 Å². The standard InChI is InChI=1S/C21H22N6O2S2/c1-14(2)27-18(10-11-22-27)23-19(28)13-31-21-25-24-20(17-9-6-12-30-17)26(21)15-7-4-5-8-16(15)29-3/h4-12,14H,13H2,1-3H3,(H,23,28). The van der Waals surface area contributed by atoms with Crippen LogP contribution in [0.5, 0.6) is 5.75 Å². The first-order valence-electron chi connectivity index (χ1n) is 9.67. The van der Waals surface area contributed by atoms with E-state index in [0.717, 1.165) is 10.6 Å². The SMILES string of the molecule is COc1ccccc1-n1c(SCC(=O)Nc2ccnn2C(C)C)nnc1-c1cccs1. The van der Waals surface area contributed by atoms with E-state index in [1.54, 1.807) is 35.4 Å². The minimum Gasteiger partial charge on any atom is -0.495 e. The molecule has 0 aliphatic heterocycles. The van der Waals surface area contributed by atoms with Gasteiger partial charge in [0.2, 0.25) is 5.91 Å². The van der Waals surface area contributed by atoms with Gasteiger partial charge in [-0.3, -0.25) is 9.36 Å². The van der Waals surface area contributed by atoms with Gasteiger partial charge in [-0.25, -0.2) is 4.68 Å². The second-order valence-corrected chi connectivity index (χ2v) is 8.77. The molecule has 0 radical (unpaired) electrons. The van der Waals surface area contributed by atoms with Crippen molar-refractivity contribution in [2.75, 3.05) is 18.2 Å². The van der Waals surface area contributed by atoms with Crippen molar-refractivity contribution in [1.29, 1.82) is 0 Å². The first-order valence-corrected chi connectivity index (χ1v) is 11.5. The summed E-state index contributed by atoms with van der Waals surface area (Å²) < 4.78 is 9.26. The Morgan fingerprint density at radius 1 is 1.19 bits per heavy atom. The number of carbonyl (C=O) groups excluding carboxylic acids is 1. The maximum atomic E-state index is 12.6. The van der Waals surface area contributed by atoms with E-state index in [1.807, 2.05) is 60.2 Å². The summed E-state index contributed by atoms with van der Waals surface area (Å²) in [5, 5.41) is 18.5. The minimum atomic E-state index is -0.139. The second-order valence-electron chi connectivity index (χ2n) is 6.88. The number of hydrogen-bond donors (Lipinski definition) is 1. The lowest BCUT2D eigenvalue weighted by Crippen LogP contribution is -2.18. The average molecular weight is 455 g/mol. The largest absolute Gasteiger partial charge is 0.495 e. The van der Waals surface area contributed by atoms with Crippen molar-refractivity contribution in [3.05, 3.63) is 54.0 Å². The van der Waals surface area contributed by atoms with Crippen molar-refractivity contribution < 1.29 is 9.53 Å². The van der Waals surface area contributed by atoms with Crippen molar-refractivity contribution in [1.82, 2.24) is 24.5 Å². The molecule has 1 amide bonds. The van der Waals surface area contributed by atoms with E-state index in [9.17, 15) is 4.79 Å². The van der Waals surface area contributed by atoms with Crippen LogP contribution in [0.25, 0.3) is 16.4 Å². The number of carbonyl (C=O) groups is 1. The molecule has 1 aromatic carbocycles. The van der Waals surface area contributed by atoms with Crippen LogP contribution in [0.1, 0.15) is 19.9 Å². The van der Waals surface area contributed by atoms with Gasteiger partial charge in [-0.05, 0) is 37.4 Å². The summed E-state index contributed by atoms with van der Waals surface area (Å²) in [5.74, 6) is 2.12. The molecule has 3 aromatic heterocycles. The highest BCUT2D eigenvalue weighted by molar-refractivity contribution is 7.99. The van der Waals surface area contributed by atoms with Gasteiger partial charge in [0.05, 0.1) is 29.6 Å². The molecule has 8 nitrogen and oxygen atoms in total. The molecule has 0 fully saturated rings. The number of amides is 1. The average Bonchev–Trinajstić information content (AvgIpc) is 3.52. The zero-order chi connectivity index (χ0) is 21.8. The first kappa shape index (κ1) is 21.1. The number of hydrogen-bond acceptors (Lipinski definition) is 7. The third kappa shape index (κ3) is 4.49.